The standard InChI is InChI=1S/C23H28N8O8S2/c1-10-29(7-13(24)30(10)4-5-32)6-11-8-40-19-15(18(34)31(19)16(11)20(35)36)27-17(33)14(12-9-41-22(25)26-12)28-39-23(2,3)21(37)38/h7,9,15,19,32H,4-6,8,24H2,1-3H3,(H4-,25,26,27,33,35,36,37,38)/p+1/b28-14-/t15-,19-/m1/s1. The van der Waals surface area contributed by atoms with Crippen LogP contribution >= 0.6 is 23.1 Å². The van der Waals surface area contributed by atoms with Crippen LogP contribution < -0.4 is 21.4 Å². The van der Waals surface area contributed by atoms with Crippen molar-refractivity contribution >= 4 is 63.5 Å². The molecule has 2 aromatic heterocycles. The maximum atomic E-state index is 13.2. The molecule has 2 atom stereocenters. The first-order valence-corrected chi connectivity index (χ1v) is 14.1. The quantitative estimate of drug-likeness (QED) is 0.0756. The summed E-state index contributed by atoms with van der Waals surface area (Å²) in [5.41, 5.74) is 9.84. The summed E-state index contributed by atoms with van der Waals surface area (Å²) in [5, 5.41) is 35.7. The van der Waals surface area contributed by atoms with E-state index in [0.29, 0.717) is 17.2 Å². The van der Waals surface area contributed by atoms with Crippen molar-refractivity contribution in [1.29, 1.82) is 0 Å². The minimum atomic E-state index is -1.77. The Morgan fingerprint density at radius 3 is 2.61 bits per heavy atom. The first-order valence-electron chi connectivity index (χ1n) is 12.1. The summed E-state index contributed by atoms with van der Waals surface area (Å²) in [7, 11) is 0. The molecule has 2 amide bonds. The first kappa shape index (κ1) is 29.8. The molecule has 8 N–H and O–H groups in total. The minimum absolute atomic E-state index is 0.0133. The molecule has 1 fully saturated rings. The fourth-order valence-electron chi connectivity index (χ4n) is 4.24. The molecule has 0 aliphatic carbocycles. The average Bonchev–Trinajstić information content (AvgIpc) is 3.44. The normalized spacial score (nSPS) is 19.1. The molecule has 18 heteroatoms. The zero-order chi connectivity index (χ0) is 30.2. The predicted molar refractivity (Wildman–Crippen MR) is 146 cm³/mol. The third kappa shape index (κ3) is 5.70. The van der Waals surface area contributed by atoms with Gasteiger partial charge in [-0.1, -0.05) is 5.16 Å². The van der Waals surface area contributed by atoms with E-state index < -0.39 is 46.5 Å². The van der Waals surface area contributed by atoms with Crippen LogP contribution in [0.4, 0.5) is 10.9 Å². The number of nitrogens with two attached hydrogens (primary N) is 2. The van der Waals surface area contributed by atoms with Gasteiger partial charge in [-0.25, -0.2) is 23.7 Å². The third-order valence-corrected chi connectivity index (χ3v) is 8.50. The van der Waals surface area contributed by atoms with E-state index in [1.54, 1.807) is 22.3 Å². The Bertz CT molecular complexity index is 1480. The van der Waals surface area contributed by atoms with E-state index in [9.17, 15) is 34.5 Å². The van der Waals surface area contributed by atoms with E-state index in [1.807, 2.05) is 0 Å². The summed E-state index contributed by atoms with van der Waals surface area (Å²) in [4.78, 5) is 60.3. The Morgan fingerprint density at radius 1 is 1.32 bits per heavy atom. The van der Waals surface area contributed by atoms with Crippen molar-refractivity contribution in [3.05, 3.63) is 34.4 Å². The molecule has 1 saturated heterocycles. The number of carboxylic acids is 2. The van der Waals surface area contributed by atoms with Crippen LogP contribution in [0.3, 0.4) is 0 Å². The highest BCUT2D eigenvalue weighted by molar-refractivity contribution is 8.00. The van der Waals surface area contributed by atoms with Gasteiger partial charge in [0.15, 0.2) is 17.0 Å². The van der Waals surface area contributed by atoms with Gasteiger partial charge in [-0.05, 0) is 13.8 Å². The summed E-state index contributed by atoms with van der Waals surface area (Å²) < 4.78 is 3.44. The number of aliphatic carboxylic acids is 2. The Balaban J connectivity index is 1.56. The molecule has 0 radical (unpaired) electrons. The second-order valence-electron chi connectivity index (χ2n) is 9.64. The minimum Gasteiger partial charge on any atom is -0.478 e. The van der Waals surface area contributed by atoms with Gasteiger partial charge >= 0.3 is 11.9 Å². The average molecular weight is 610 g/mol. The van der Waals surface area contributed by atoms with Gasteiger partial charge in [0.05, 0.1) is 6.61 Å². The number of rotatable bonds is 11. The van der Waals surface area contributed by atoms with Gasteiger partial charge in [0.1, 0.15) is 35.9 Å². The van der Waals surface area contributed by atoms with Gasteiger partial charge in [0.25, 0.3) is 17.6 Å². The van der Waals surface area contributed by atoms with Crippen molar-refractivity contribution in [2.24, 2.45) is 5.16 Å². The highest BCUT2D eigenvalue weighted by Gasteiger charge is 2.54. The van der Waals surface area contributed by atoms with Crippen molar-refractivity contribution in [3.63, 3.8) is 0 Å². The van der Waals surface area contributed by atoms with Crippen LogP contribution in [-0.4, -0.2) is 88.6 Å². The molecule has 41 heavy (non-hydrogen) atoms. The second kappa shape index (κ2) is 11.4. The van der Waals surface area contributed by atoms with E-state index in [4.69, 9.17) is 16.3 Å². The Morgan fingerprint density at radius 2 is 2.02 bits per heavy atom. The van der Waals surface area contributed by atoms with Gasteiger partial charge in [0.2, 0.25) is 11.4 Å². The molecule has 4 rings (SSSR count). The summed E-state index contributed by atoms with van der Waals surface area (Å²) >= 11 is 2.29. The van der Waals surface area contributed by atoms with Crippen LogP contribution in [-0.2, 0) is 37.1 Å². The monoisotopic (exact) mass is 609 g/mol. The molecule has 0 bridgehead atoms. The van der Waals surface area contributed by atoms with Crippen LogP contribution in [0.15, 0.2) is 28.0 Å². The van der Waals surface area contributed by atoms with E-state index in [1.165, 1.54) is 31.0 Å². The lowest BCUT2D eigenvalue weighted by Crippen LogP contribution is -2.71. The van der Waals surface area contributed by atoms with Gasteiger partial charge in [-0.2, -0.15) is 0 Å². The number of carbonyl (C=O) groups excluding carboxylic acids is 2. The number of thioether (sulfide) groups is 1. The molecule has 2 aliphatic rings. The number of carboxylic acid groups (broad SMARTS) is 2. The van der Waals surface area contributed by atoms with Crippen LogP contribution in [0, 0.1) is 6.92 Å². The number of nitrogens with one attached hydrogen (secondary N) is 1. The number of hydrogen-bond acceptors (Lipinski definition) is 12. The van der Waals surface area contributed by atoms with Gasteiger partial charge in [0, 0.05) is 23.6 Å². The van der Waals surface area contributed by atoms with Crippen LogP contribution in [0.5, 0.6) is 0 Å². The molecule has 16 nitrogen and oxygen atoms in total. The van der Waals surface area contributed by atoms with Crippen LogP contribution in [0.25, 0.3) is 0 Å². The number of amides is 2. The third-order valence-electron chi connectivity index (χ3n) is 6.49. The molecule has 0 saturated carbocycles. The lowest BCUT2D eigenvalue weighted by Gasteiger charge is -2.49. The lowest BCUT2D eigenvalue weighted by molar-refractivity contribution is -0.694. The number of oxime groups is 1. The van der Waals surface area contributed by atoms with Crippen molar-refractivity contribution in [3.8, 4) is 0 Å². The highest BCUT2D eigenvalue weighted by atomic mass is 32.2. The van der Waals surface area contributed by atoms with E-state index in [0.717, 1.165) is 16.2 Å². The first-order chi connectivity index (χ1) is 19.3. The number of aromatic nitrogens is 3. The topological polar surface area (TPSA) is 240 Å². The predicted octanol–water partition coefficient (Wildman–Crippen LogP) is -1.28. The number of aliphatic hydroxyl groups excluding tert-OH is 1. The number of nitrogen functional groups attached to an aromatic ring is 2. The molecule has 0 spiro atoms. The van der Waals surface area contributed by atoms with E-state index in [-0.39, 0.29) is 42.0 Å². The van der Waals surface area contributed by atoms with E-state index >= 15 is 0 Å². The zero-order valence-corrected chi connectivity index (χ0v) is 23.9. The number of β-lactam (4-membered cyclic amide) rings is 1. The molecule has 4 heterocycles. The fourth-order valence-corrected chi connectivity index (χ4v) is 6.12. The fraction of sp³-hybridized carbons (Fsp3) is 0.435. The molecular weight excluding hydrogens is 580 g/mol. The molecule has 0 aromatic carbocycles. The van der Waals surface area contributed by atoms with E-state index in [2.05, 4.69) is 15.5 Å². The number of fused-ring (bicyclic) bond motifs is 1. The number of thiazole rings is 1. The van der Waals surface area contributed by atoms with Crippen LogP contribution in [0.2, 0.25) is 0 Å². The zero-order valence-electron chi connectivity index (χ0n) is 22.2. The van der Waals surface area contributed by atoms with Crippen molar-refractivity contribution in [2.75, 3.05) is 23.8 Å². The SMILES string of the molecule is Cc1n(CCO)c(N)c[n+]1CC1=C(C(=O)O)N2C(=O)[C@@H](NC(=O)/C(=N\OC(C)(C)C(=O)O)c3csc(N)n3)[C@H]2SC1. The van der Waals surface area contributed by atoms with Gasteiger partial charge in [-0.3, -0.25) is 14.5 Å². The van der Waals surface area contributed by atoms with Crippen molar-refractivity contribution in [2.45, 2.75) is 50.9 Å². The molecular formula is C23H29N8O8S2+. The molecule has 0 unspecified atom stereocenters. The Hall–Kier alpha value is -4.16. The Labute approximate surface area is 241 Å². The summed E-state index contributed by atoms with van der Waals surface area (Å²) in [6, 6.07) is -1.09. The number of hydrogen-bond donors (Lipinski definition) is 6. The van der Waals surface area contributed by atoms with Crippen molar-refractivity contribution in [1.82, 2.24) is 19.8 Å². The van der Waals surface area contributed by atoms with Gasteiger partial charge in [-0.15, -0.1) is 23.1 Å². The number of nitrogens with zero attached hydrogens (tertiary/aromatic N) is 5. The molecule has 2 aromatic rings. The summed E-state index contributed by atoms with van der Waals surface area (Å²) in [6.45, 7) is 4.56. The molecule has 220 valence electrons. The highest BCUT2D eigenvalue weighted by Crippen LogP contribution is 2.40. The number of carbonyl (C=O) groups is 4. The Kier molecular flexibility index (Phi) is 8.27. The summed E-state index contributed by atoms with van der Waals surface area (Å²) in [5.74, 6) is -2.81. The van der Waals surface area contributed by atoms with Crippen LogP contribution in [0.1, 0.15) is 25.4 Å². The molecule has 2 aliphatic heterocycles. The second-order valence-corrected chi connectivity index (χ2v) is 11.6. The number of imidazole rings is 1. The number of anilines is 2. The number of aliphatic hydroxyl groups is 1. The van der Waals surface area contributed by atoms with Crippen molar-refractivity contribution < 1.29 is 43.9 Å². The van der Waals surface area contributed by atoms with Gasteiger partial charge < -0.3 is 36.9 Å². The maximum absolute atomic E-state index is 13.2. The smallest absolute Gasteiger partial charge is 0.352 e. The largest absolute Gasteiger partial charge is 0.478 e. The maximum Gasteiger partial charge on any atom is 0.352 e. The summed E-state index contributed by atoms with van der Waals surface area (Å²) in [6.07, 6.45) is 1.63. The lowest BCUT2D eigenvalue weighted by atomic mass is 10.0.